The van der Waals surface area contributed by atoms with Crippen LogP contribution in [-0.4, -0.2) is 25.7 Å². The van der Waals surface area contributed by atoms with E-state index in [-0.39, 0.29) is 0 Å². The molecule has 4 rings (SSSR count). The lowest BCUT2D eigenvalue weighted by Gasteiger charge is -2.08. The van der Waals surface area contributed by atoms with E-state index in [4.69, 9.17) is 10.1 Å². The van der Waals surface area contributed by atoms with Crippen LogP contribution in [0.25, 0.3) is 16.8 Å². The van der Waals surface area contributed by atoms with Crippen LogP contribution in [0.5, 0.6) is 0 Å². The van der Waals surface area contributed by atoms with E-state index < -0.39 is 5.97 Å². The quantitative estimate of drug-likeness (QED) is 0.532. The van der Waals surface area contributed by atoms with Gasteiger partial charge in [-0.3, -0.25) is 0 Å². The predicted octanol–water partition coefficient (Wildman–Crippen LogP) is 4.86. The molecular formula is C24H23N3O2. The maximum Gasteiger partial charge on any atom is 0.336 e. The fourth-order valence-electron chi connectivity index (χ4n) is 3.80. The number of carboxylic acid groups (broad SMARTS) is 1. The molecule has 2 aromatic heterocycles. The van der Waals surface area contributed by atoms with E-state index in [1.165, 1.54) is 0 Å². The van der Waals surface area contributed by atoms with E-state index >= 15 is 0 Å². The van der Waals surface area contributed by atoms with Crippen LogP contribution in [0.2, 0.25) is 0 Å². The van der Waals surface area contributed by atoms with Gasteiger partial charge in [-0.05, 0) is 49.1 Å². The lowest BCUT2D eigenvalue weighted by atomic mass is 9.97. The minimum absolute atomic E-state index is 0.311. The third-order valence-corrected chi connectivity index (χ3v) is 5.21. The Balaban J connectivity index is 1.71. The summed E-state index contributed by atoms with van der Waals surface area (Å²) < 4.78 is 1.93. The summed E-state index contributed by atoms with van der Waals surface area (Å²) in [6, 6.07) is 17.2. The number of aryl methyl sites for hydroxylation is 3. The number of nitrogens with zero attached hydrogens (tertiary/aromatic N) is 3. The summed E-state index contributed by atoms with van der Waals surface area (Å²) in [7, 11) is 0. The van der Waals surface area contributed by atoms with Crippen LogP contribution < -0.4 is 0 Å². The van der Waals surface area contributed by atoms with Gasteiger partial charge in [-0.2, -0.15) is 5.10 Å². The van der Waals surface area contributed by atoms with Gasteiger partial charge in [-0.25, -0.2) is 14.3 Å². The highest BCUT2D eigenvalue weighted by Crippen LogP contribution is 2.26. The molecule has 0 spiro atoms. The van der Waals surface area contributed by atoms with Gasteiger partial charge in [-0.1, -0.05) is 49.4 Å². The van der Waals surface area contributed by atoms with Crippen molar-refractivity contribution in [3.05, 3.63) is 88.4 Å². The van der Waals surface area contributed by atoms with Crippen LogP contribution in [0.1, 0.15) is 45.5 Å². The number of aromatic nitrogens is 3. The number of hydrogen-bond donors (Lipinski definition) is 1. The Bertz CT molecular complexity index is 1210. The summed E-state index contributed by atoms with van der Waals surface area (Å²) in [4.78, 5) is 16.2. The monoisotopic (exact) mass is 385 g/mol. The van der Waals surface area contributed by atoms with Crippen molar-refractivity contribution in [2.75, 3.05) is 0 Å². The molecule has 0 saturated heterocycles. The summed E-state index contributed by atoms with van der Waals surface area (Å²) in [6.45, 7) is 6.16. The predicted molar refractivity (Wildman–Crippen MR) is 113 cm³/mol. The maximum absolute atomic E-state index is 11.5. The molecule has 5 nitrogen and oxygen atoms in total. The molecular weight excluding hydrogens is 362 g/mol. The first-order valence-corrected chi connectivity index (χ1v) is 9.74. The molecule has 0 radical (unpaired) electrons. The highest BCUT2D eigenvalue weighted by Gasteiger charge is 2.16. The molecule has 146 valence electrons. The minimum Gasteiger partial charge on any atom is -0.478 e. The molecule has 0 aliphatic rings. The molecule has 0 amide bonds. The molecule has 1 N–H and O–H groups in total. The lowest BCUT2D eigenvalue weighted by Crippen LogP contribution is -1.99. The van der Waals surface area contributed by atoms with E-state index in [1.54, 1.807) is 12.1 Å². The van der Waals surface area contributed by atoms with Crippen molar-refractivity contribution in [2.24, 2.45) is 0 Å². The minimum atomic E-state index is -0.916. The molecule has 2 aromatic carbocycles. The Kier molecular flexibility index (Phi) is 4.89. The van der Waals surface area contributed by atoms with Crippen LogP contribution in [0.4, 0.5) is 0 Å². The normalized spacial score (nSPS) is 11.1. The number of aromatic carboxylic acids is 1. The Morgan fingerprint density at radius 1 is 1.07 bits per heavy atom. The van der Waals surface area contributed by atoms with Crippen LogP contribution >= 0.6 is 0 Å². The van der Waals surface area contributed by atoms with Crippen molar-refractivity contribution < 1.29 is 9.90 Å². The SMILES string of the molecule is CCc1nn2c(C)cc(C)nc2c1Cc1ccc(-c2ccccc2C(=O)O)cc1. The van der Waals surface area contributed by atoms with Gasteiger partial charge in [-0.15, -0.1) is 0 Å². The molecule has 0 bridgehead atoms. The van der Waals surface area contributed by atoms with Crippen molar-refractivity contribution in [3.63, 3.8) is 0 Å². The standard InChI is InChI=1S/C24H23N3O2/c1-4-22-21(23-25-15(2)13-16(3)27(23)26-22)14-17-9-11-18(12-10-17)19-7-5-6-8-20(19)24(28)29/h5-13H,4,14H2,1-3H3,(H,28,29). The van der Waals surface area contributed by atoms with Crippen molar-refractivity contribution in [2.45, 2.75) is 33.6 Å². The van der Waals surface area contributed by atoms with Gasteiger partial charge in [0.05, 0.1) is 11.3 Å². The van der Waals surface area contributed by atoms with E-state index in [9.17, 15) is 9.90 Å². The first-order valence-electron chi connectivity index (χ1n) is 9.74. The van der Waals surface area contributed by atoms with Gasteiger partial charge in [0.15, 0.2) is 5.65 Å². The second-order valence-corrected chi connectivity index (χ2v) is 7.28. The number of hydrogen-bond acceptors (Lipinski definition) is 3. The molecule has 0 atom stereocenters. The lowest BCUT2D eigenvalue weighted by molar-refractivity contribution is 0.0697. The molecule has 4 aromatic rings. The third-order valence-electron chi connectivity index (χ3n) is 5.21. The summed E-state index contributed by atoms with van der Waals surface area (Å²) in [6.07, 6.45) is 1.59. The van der Waals surface area contributed by atoms with Crippen LogP contribution in [0.15, 0.2) is 54.6 Å². The van der Waals surface area contributed by atoms with E-state index in [0.29, 0.717) is 5.56 Å². The first kappa shape index (κ1) is 18.9. The zero-order chi connectivity index (χ0) is 20.5. The highest BCUT2D eigenvalue weighted by atomic mass is 16.4. The molecule has 5 heteroatoms. The zero-order valence-electron chi connectivity index (χ0n) is 16.8. The average molecular weight is 385 g/mol. The molecule has 2 heterocycles. The van der Waals surface area contributed by atoms with Crippen molar-refractivity contribution >= 4 is 11.6 Å². The number of carbonyl (C=O) groups is 1. The van der Waals surface area contributed by atoms with Crippen LogP contribution in [0.3, 0.4) is 0 Å². The van der Waals surface area contributed by atoms with E-state index in [1.807, 2.05) is 48.7 Å². The average Bonchev–Trinajstić information content (AvgIpc) is 3.06. The summed E-state index contributed by atoms with van der Waals surface area (Å²) in [5.41, 5.74) is 8.27. The fraction of sp³-hybridized carbons (Fsp3) is 0.208. The third kappa shape index (κ3) is 3.51. The number of fused-ring (bicyclic) bond motifs is 1. The molecule has 0 saturated carbocycles. The fourth-order valence-corrected chi connectivity index (χ4v) is 3.80. The van der Waals surface area contributed by atoms with Gasteiger partial charge in [0.2, 0.25) is 0 Å². The number of rotatable bonds is 5. The Morgan fingerprint density at radius 3 is 2.48 bits per heavy atom. The highest BCUT2D eigenvalue weighted by molar-refractivity contribution is 5.96. The maximum atomic E-state index is 11.5. The molecule has 29 heavy (non-hydrogen) atoms. The second kappa shape index (κ2) is 7.51. The molecule has 0 unspecified atom stereocenters. The topological polar surface area (TPSA) is 67.5 Å². The number of carboxylic acids is 1. The Morgan fingerprint density at radius 2 is 1.79 bits per heavy atom. The molecule has 0 aliphatic carbocycles. The zero-order valence-corrected chi connectivity index (χ0v) is 16.8. The second-order valence-electron chi connectivity index (χ2n) is 7.28. The van der Waals surface area contributed by atoms with Crippen LogP contribution in [0, 0.1) is 13.8 Å². The first-order chi connectivity index (χ1) is 14.0. The van der Waals surface area contributed by atoms with Crippen LogP contribution in [-0.2, 0) is 12.8 Å². The largest absolute Gasteiger partial charge is 0.478 e. The van der Waals surface area contributed by atoms with Gasteiger partial charge in [0, 0.05) is 23.4 Å². The van der Waals surface area contributed by atoms with Gasteiger partial charge in [0.25, 0.3) is 0 Å². The Hall–Kier alpha value is -3.47. The summed E-state index contributed by atoms with van der Waals surface area (Å²) >= 11 is 0. The van der Waals surface area contributed by atoms with Gasteiger partial charge >= 0.3 is 5.97 Å². The van der Waals surface area contributed by atoms with Crippen molar-refractivity contribution in [1.29, 1.82) is 0 Å². The van der Waals surface area contributed by atoms with Gasteiger partial charge in [0.1, 0.15) is 0 Å². The van der Waals surface area contributed by atoms with Crippen molar-refractivity contribution in [1.82, 2.24) is 14.6 Å². The summed E-state index contributed by atoms with van der Waals surface area (Å²) in [5, 5.41) is 14.2. The smallest absolute Gasteiger partial charge is 0.336 e. The molecule has 0 aliphatic heterocycles. The molecule has 0 fully saturated rings. The summed E-state index contributed by atoms with van der Waals surface area (Å²) in [5.74, 6) is -0.916. The van der Waals surface area contributed by atoms with E-state index in [2.05, 4.69) is 19.1 Å². The number of benzene rings is 2. The Labute approximate surface area is 169 Å². The van der Waals surface area contributed by atoms with E-state index in [0.717, 1.165) is 57.8 Å². The van der Waals surface area contributed by atoms with Gasteiger partial charge < -0.3 is 5.11 Å². The van der Waals surface area contributed by atoms with Crippen molar-refractivity contribution in [3.8, 4) is 11.1 Å².